The zero-order valence-electron chi connectivity index (χ0n) is 22.4. The molecule has 0 bridgehead atoms. The van der Waals surface area contributed by atoms with Crippen LogP contribution in [0.4, 0.5) is 0 Å². The molecule has 9 unspecified atom stereocenters. The summed E-state index contributed by atoms with van der Waals surface area (Å²) in [6.07, 6.45) is 10.3. The van der Waals surface area contributed by atoms with Crippen LogP contribution in [0.3, 0.4) is 0 Å². The van der Waals surface area contributed by atoms with Crippen LogP contribution in [-0.4, -0.2) is 34.1 Å². The first-order valence-electron chi connectivity index (χ1n) is 13.9. The quantitative estimate of drug-likeness (QED) is 0.407. The van der Waals surface area contributed by atoms with Gasteiger partial charge in [0.25, 0.3) is 0 Å². The molecule has 33 heavy (non-hydrogen) atoms. The molecule has 188 valence electrons. The Hall–Kier alpha value is -0.380. The molecule has 4 fully saturated rings. The van der Waals surface area contributed by atoms with Crippen LogP contribution in [-0.2, 0) is 0 Å². The van der Waals surface area contributed by atoms with Crippen LogP contribution in [0, 0.1) is 44.3 Å². The van der Waals surface area contributed by atoms with Crippen LogP contribution in [0.5, 0.6) is 0 Å². The van der Waals surface area contributed by atoms with Gasteiger partial charge in [-0.1, -0.05) is 59.6 Å². The summed E-state index contributed by atoms with van der Waals surface area (Å²) in [5.74, 6) is 1.02. The normalized spacial score (nSPS) is 55.8. The van der Waals surface area contributed by atoms with E-state index in [2.05, 4.69) is 48.5 Å². The lowest BCUT2D eigenvalue weighted by atomic mass is 9.34. The lowest BCUT2D eigenvalue weighted by Crippen LogP contribution is -2.65. The molecule has 0 aromatic carbocycles. The predicted octanol–water partition coefficient (Wildman–Crippen LogP) is 6.26. The second-order valence-corrected chi connectivity index (χ2v) is 15.1. The summed E-state index contributed by atoms with van der Waals surface area (Å²) in [5, 5.41) is 32.6. The number of aliphatic hydroxyl groups excluding tert-OH is 3. The van der Waals surface area contributed by atoms with Gasteiger partial charge in [0.2, 0.25) is 0 Å². The summed E-state index contributed by atoms with van der Waals surface area (Å²) >= 11 is 0. The molecular formula is C30H50O3. The number of allylic oxidation sites excluding steroid dienone is 1. The number of hydrogen-bond donors (Lipinski definition) is 3. The molecule has 4 saturated carbocycles. The van der Waals surface area contributed by atoms with Crippen molar-refractivity contribution in [2.24, 2.45) is 44.3 Å². The second kappa shape index (κ2) is 7.10. The van der Waals surface area contributed by atoms with Gasteiger partial charge >= 0.3 is 0 Å². The van der Waals surface area contributed by atoms with Crippen molar-refractivity contribution in [1.82, 2.24) is 0 Å². The zero-order chi connectivity index (χ0) is 24.2. The van der Waals surface area contributed by atoms with E-state index in [0.717, 1.165) is 38.5 Å². The smallest absolute Gasteiger partial charge is 0.0636 e. The van der Waals surface area contributed by atoms with Gasteiger partial charge in [-0.2, -0.15) is 0 Å². The number of rotatable bonds is 1. The Kier molecular flexibility index (Phi) is 5.23. The maximum atomic E-state index is 11.3. The Morgan fingerprint density at radius 2 is 1.45 bits per heavy atom. The molecular weight excluding hydrogens is 408 g/mol. The Labute approximate surface area is 202 Å². The molecule has 3 nitrogen and oxygen atoms in total. The average molecular weight is 459 g/mol. The number of aliphatic hydroxyl groups is 3. The monoisotopic (exact) mass is 458 g/mol. The Balaban J connectivity index is 1.60. The molecule has 0 aromatic rings. The van der Waals surface area contributed by atoms with Crippen LogP contribution < -0.4 is 0 Å². The van der Waals surface area contributed by atoms with E-state index in [1.807, 2.05) is 0 Å². The van der Waals surface area contributed by atoms with Gasteiger partial charge in [-0.25, -0.2) is 0 Å². The minimum atomic E-state index is -0.386. The molecule has 0 saturated heterocycles. The predicted molar refractivity (Wildman–Crippen MR) is 134 cm³/mol. The van der Waals surface area contributed by atoms with Crippen molar-refractivity contribution in [3.63, 3.8) is 0 Å². The van der Waals surface area contributed by atoms with Crippen molar-refractivity contribution in [2.75, 3.05) is 6.61 Å². The van der Waals surface area contributed by atoms with Crippen LogP contribution in [0.25, 0.3) is 0 Å². The van der Waals surface area contributed by atoms with Crippen molar-refractivity contribution in [3.8, 4) is 0 Å². The van der Waals surface area contributed by atoms with Crippen molar-refractivity contribution < 1.29 is 15.3 Å². The molecule has 5 aliphatic rings. The second-order valence-electron chi connectivity index (χ2n) is 15.1. The summed E-state index contributed by atoms with van der Waals surface area (Å²) in [5.41, 5.74) is 3.69. The zero-order valence-corrected chi connectivity index (χ0v) is 22.4. The highest BCUT2D eigenvalue weighted by molar-refractivity contribution is 5.39. The molecule has 0 aliphatic heterocycles. The molecule has 5 aliphatic carbocycles. The molecule has 5 rings (SSSR count). The highest BCUT2D eigenvalue weighted by atomic mass is 16.3. The van der Waals surface area contributed by atoms with Gasteiger partial charge in [0, 0.05) is 10.8 Å². The summed E-state index contributed by atoms with van der Waals surface area (Å²) in [6.45, 7) is 17.0. The van der Waals surface area contributed by atoms with Gasteiger partial charge < -0.3 is 15.3 Å². The first-order chi connectivity index (χ1) is 15.2. The molecule has 0 spiro atoms. The van der Waals surface area contributed by atoms with Gasteiger partial charge in [-0.3, -0.25) is 0 Å². The maximum Gasteiger partial charge on any atom is 0.0636 e. The fourth-order valence-corrected chi connectivity index (χ4v) is 10.7. The third-order valence-corrected chi connectivity index (χ3v) is 13.1. The van der Waals surface area contributed by atoms with Crippen LogP contribution in [0.15, 0.2) is 11.1 Å². The molecule has 9 atom stereocenters. The highest BCUT2D eigenvalue weighted by Crippen LogP contribution is 2.75. The van der Waals surface area contributed by atoms with E-state index in [1.54, 1.807) is 11.1 Å². The Morgan fingerprint density at radius 3 is 2.12 bits per heavy atom. The molecule has 0 radical (unpaired) electrons. The molecule has 3 heteroatoms. The third kappa shape index (κ3) is 2.91. The topological polar surface area (TPSA) is 60.7 Å². The van der Waals surface area contributed by atoms with Crippen molar-refractivity contribution >= 4 is 0 Å². The van der Waals surface area contributed by atoms with Crippen molar-refractivity contribution in [1.29, 1.82) is 0 Å². The maximum absolute atomic E-state index is 11.3. The van der Waals surface area contributed by atoms with E-state index in [-0.39, 0.29) is 51.3 Å². The molecule has 0 heterocycles. The van der Waals surface area contributed by atoms with Crippen LogP contribution >= 0.6 is 0 Å². The van der Waals surface area contributed by atoms with Gasteiger partial charge in [0.15, 0.2) is 0 Å². The van der Waals surface area contributed by atoms with E-state index < -0.39 is 0 Å². The number of fused-ring (bicyclic) bond motifs is 6. The molecule has 3 N–H and O–H groups in total. The largest absolute Gasteiger partial charge is 0.396 e. The highest BCUT2D eigenvalue weighted by Gasteiger charge is 2.68. The summed E-state index contributed by atoms with van der Waals surface area (Å²) in [6, 6.07) is 0. The summed E-state index contributed by atoms with van der Waals surface area (Å²) < 4.78 is 0. The lowest BCUT2D eigenvalue weighted by Gasteiger charge is -2.71. The Morgan fingerprint density at radius 1 is 0.758 bits per heavy atom. The average Bonchev–Trinajstić information content (AvgIpc) is 2.73. The van der Waals surface area contributed by atoms with Crippen molar-refractivity contribution in [3.05, 3.63) is 11.1 Å². The van der Waals surface area contributed by atoms with Crippen molar-refractivity contribution in [2.45, 2.75) is 125 Å². The van der Waals surface area contributed by atoms with Gasteiger partial charge in [0.1, 0.15) is 0 Å². The molecule has 0 amide bonds. The van der Waals surface area contributed by atoms with E-state index in [4.69, 9.17) is 0 Å². The van der Waals surface area contributed by atoms with Gasteiger partial charge in [-0.05, 0) is 97.7 Å². The minimum Gasteiger partial charge on any atom is -0.396 e. The first kappa shape index (κ1) is 24.3. The lowest BCUT2D eigenvalue weighted by molar-refractivity contribution is -0.217. The SMILES string of the molecule is CC1(C)CC2=C3CCC4C5(C)CCC(O)C(C)(CO)C5CCC4(C)C3(C)CCC2(C)C(O)C1. The summed E-state index contributed by atoms with van der Waals surface area (Å²) in [7, 11) is 0. The van der Waals surface area contributed by atoms with E-state index in [1.165, 1.54) is 25.7 Å². The summed E-state index contributed by atoms with van der Waals surface area (Å²) in [4.78, 5) is 0. The van der Waals surface area contributed by atoms with E-state index >= 15 is 0 Å². The molecule has 0 aromatic heterocycles. The third-order valence-electron chi connectivity index (χ3n) is 13.1. The van der Waals surface area contributed by atoms with Gasteiger partial charge in [0.05, 0.1) is 18.8 Å². The van der Waals surface area contributed by atoms with E-state index in [0.29, 0.717) is 11.8 Å². The number of hydrogen-bond acceptors (Lipinski definition) is 3. The first-order valence-corrected chi connectivity index (χ1v) is 13.9. The fourth-order valence-electron chi connectivity index (χ4n) is 10.7. The minimum absolute atomic E-state index is 0.0426. The van der Waals surface area contributed by atoms with E-state index in [9.17, 15) is 15.3 Å². The van der Waals surface area contributed by atoms with Crippen LogP contribution in [0.1, 0.15) is 113 Å². The van der Waals surface area contributed by atoms with Crippen LogP contribution in [0.2, 0.25) is 0 Å². The fraction of sp³-hybridized carbons (Fsp3) is 0.933. The van der Waals surface area contributed by atoms with Gasteiger partial charge in [-0.15, -0.1) is 0 Å². The standard InChI is InChI=1S/C30H50O3/c1-25(2)16-20-19-8-9-22-27(4)12-11-23(32)28(5,18-31)21(27)10-13-30(22,7)29(19,6)15-14-26(20,3)24(33)17-25/h21-24,31-33H,8-18H2,1-7H3. The Bertz CT molecular complexity index is 861.